The van der Waals surface area contributed by atoms with Crippen LogP contribution in [0.4, 0.5) is 5.82 Å². The largest absolute Gasteiger partial charge is 0.380 e. The van der Waals surface area contributed by atoms with Crippen LogP contribution in [0.2, 0.25) is 5.15 Å². The average molecular weight is 258 g/mol. The number of anilines is 1. The van der Waals surface area contributed by atoms with Gasteiger partial charge in [0.2, 0.25) is 0 Å². The van der Waals surface area contributed by atoms with E-state index in [0.29, 0.717) is 17.6 Å². The van der Waals surface area contributed by atoms with E-state index in [4.69, 9.17) is 16.3 Å². The SMILES string of the molecule is CCOCCN(C)c1nc(C)nc(Cl)c1CC. The Balaban J connectivity index is 2.87. The first-order valence-corrected chi connectivity index (χ1v) is 6.29. The Bertz CT molecular complexity index is 371. The van der Waals surface area contributed by atoms with E-state index in [1.165, 1.54) is 0 Å². The number of likely N-dealkylation sites (N-methyl/N-ethyl adjacent to an activating group) is 1. The first kappa shape index (κ1) is 14.2. The van der Waals surface area contributed by atoms with Gasteiger partial charge in [-0.2, -0.15) is 0 Å². The molecule has 0 aromatic carbocycles. The molecular formula is C12H20ClN3O. The van der Waals surface area contributed by atoms with Crippen LogP contribution in [0.25, 0.3) is 0 Å². The zero-order valence-corrected chi connectivity index (χ0v) is 11.7. The van der Waals surface area contributed by atoms with Crippen LogP contribution in [0.15, 0.2) is 0 Å². The maximum absolute atomic E-state index is 6.13. The minimum absolute atomic E-state index is 0.554. The van der Waals surface area contributed by atoms with Crippen LogP contribution in [0, 0.1) is 6.92 Å². The maximum atomic E-state index is 6.13. The van der Waals surface area contributed by atoms with Gasteiger partial charge in [0.25, 0.3) is 0 Å². The highest BCUT2D eigenvalue weighted by Crippen LogP contribution is 2.23. The fourth-order valence-electron chi connectivity index (χ4n) is 1.62. The van der Waals surface area contributed by atoms with Gasteiger partial charge in [-0.05, 0) is 20.3 Å². The van der Waals surface area contributed by atoms with Gasteiger partial charge in [-0.1, -0.05) is 18.5 Å². The number of halogens is 1. The Morgan fingerprint density at radius 1 is 1.29 bits per heavy atom. The van der Waals surface area contributed by atoms with E-state index in [0.717, 1.165) is 31.0 Å². The van der Waals surface area contributed by atoms with E-state index in [1.807, 2.05) is 20.9 Å². The molecule has 0 atom stereocenters. The van der Waals surface area contributed by atoms with Crippen molar-refractivity contribution in [2.45, 2.75) is 27.2 Å². The second kappa shape index (κ2) is 6.77. The number of ether oxygens (including phenoxy) is 1. The summed E-state index contributed by atoms with van der Waals surface area (Å²) in [6.45, 7) is 8.12. The topological polar surface area (TPSA) is 38.2 Å². The minimum Gasteiger partial charge on any atom is -0.380 e. The summed E-state index contributed by atoms with van der Waals surface area (Å²) < 4.78 is 5.34. The van der Waals surface area contributed by atoms with Gasteiger partial charge in [-0.25, -0.2) is 9.97 Å². The van der Waals surface area contributed by atoms with Crippen molar-refractivity contribution in [1.82, 2.24) is 9.97 Å². The van der Waals surface area contributed by atoms with Crippen molar-refractivity contribution in [3.63, 3.8) is 0 Å². The number of nitrogens with zero attached hydrogens (tertiary/aromatic N) is 3. The lowest BCUT2D eigenvalue weighted by Crippen LogP contribution is -2.25. The van der Waals surface area contributed by atoms with E-state index < -0.39 is 0 Å². The van der Waals surface area contributed by atoms with Gasteiger partial charge in [0.1, 0.15) is 16.8 Å². The molecule has 0 saturated carbocycles. The van der Waals surface area contributed by atoms with E-state index in [2.05, 4.69) is 21.8 Å². The third kappa shape index (κ3) is 3.82. The molecule has 96 valence electrons. The molecule has 0 unspecified atom stereocenters. The van der Waals surface area contributed by atoms with Crippen molar-refractivity contribution in [3.8, 4) is 0 Å². The molecule has 0 N–H and O–H groups in total. The average Bonchev–Trinajstić information content (AvgIpc) is 2.28. The van der Waals surface area contributed by atoms with Crippen LogP contribution < -0.4 is 4.90 Å². The van der Waals surface area contributed by atoms with Crippen molar-refractivity contribution in [2.75, 3.05) is 31.7 Å². The number of hydrogen-bond acceptors (Lipinski definition) is 4. The monoisotopic (exact) mass is 257 g/mol. The van der Waals surface area contributed by atoms with Crippen molar-refractivity contribution >= 4 is 17.4 Å². The molecule has 1 rings (SSSR count). The molecule has 4 nitrogen and oxygen atoms in total. The first-order valence-electron chi connectivity index (χ1n) is 5.92. The van der Waals surface area contributed by atoms with Gasteiger partial charge in [-0.3, -0.25) is 0 Å². The van der Waals surface area contributed by atoms with Gasteiger partial charge in [0.15, 0.2) is 0 Å². The fourth-order valence-corrected chi connectivity index (χ4v) is 1.96. The summed E-state index contributed by atoms with van der Waals surface area (Å²) in [6, 6.07) is 0. The molecule has 1 aromatic rings. The molecule has 0 spiro atoms. The quantitative estimate of drug-likeness (QED) is 0.580. The molecule has 0 aliphatic rings. The molecule has 0 fully saturated rings. The number of hydrogen-bond donors (Lipinski definition) is 0. The molecule has 0 aliphatic heterocycles. The number of rotatable bonds is 6. The molecule has 0 saturated heterocycles. The lowest BCUT2D eigenvalue weighted by atomic mass is 10.2. The summed E-state index contributed by atoms with van der Waals surface area (Å²) in [4.78, 5) is 10.7. The zero-order valence-electron chi connectivity index (χ0n) is 11.0. The Morgan fingerprint density at radius 3 is 2.59 bits per heavy atom. The highest BCUT2D eigenvalue weighted by molar-refractivity contribution is 6.30. The fraction of sp³-hybridized carbons (Fsp3) is 0.667. The third-order valence-corrected chi connectivity index (χ3v) is 2.85. The van der Waals surface area contributed by atoms with Crippen molar-refractivity contribution in [2.24, 2.45) is 0 Å². The van der Waals surface area contributed by atoms with Crippen molar-refractivity contribution < 1.29 is 4.74 Å². The highest BCUT2D eigenvalue weighted by Gasteiger charge is 2.13. The highest BCUT2D eigenvalue weighted by atomic mass is 35.5. The molecular weight excluding hydrogens is 238 g/mol. The van der Waals surface area contributed by atoms with Gasteiger partial charge < -0.3 is 9.64 Å². The molecule has 0 radical (unpaired) electrons. The van der Waals surface area contributed by atoms with E-state index in [-0.39, 0.29) is 0 Å². The van der Waals surface area contributed by atoms with Crippen LogP contribution in [0.1, 0.15) is 25.2 Å². The summed E-state index contributed by atoms with van der Waals surface area (Å²) in [5, 5.41) is 0.554. The summed E-state index contributed by atoms with van der Waals surface area (Å²) in [5.74, 6) is 1.61. The normalized spacial score (nSPS) is 10.6. The summed E-state index contributed by atoms with van der Waals surface area (Å²) in [6.07, 6.45) is 0.827. The Hall–Kier alpha value is -0.870. The van der Waals surface area contributed by atoms with Crippen LogP contribution >= 0.6 is 11.6 Å². The van der Waals surface area contributed by atoms with E-state index >= 15 is 0 Å². The summed E-state index contributed by atoms with van der Waals surface area (Å²) in [5.41, 5.74) is 0.997. The molecule has 17 heavy (non-hydrogen) atoms. The molecule has 0 amide bonds. The molecule has 0 bridgehead atoms. The predicted molar refractivity (Wildman–Crippen MR) is 70.9 cm³/mol. The van der Waals surface area contributed by atoms with Crippen molar-refractivity contribution in [3.05, 3.63) is 16.5 Å². The van der Waals surface area contributed by atoms with Gasteiger partial charge in [0, 0.05) is 25.8 Å². The van der Waals surface area contributed by atoms with Crippen LogP contribution in [-0.4, -0.2) is 36.8 Å². The van der Waals surface area contributed by atoms with Crippen LogP contribution in [0.5, 0.6) is 0 Å². The first-order chi connectivity index (χ1) is 8.10. The smallest absolute Gasteiger partial charge is 0.138 e. The Kier molecular flexibility index (Phi) is 5.65. The lowest BCUT2D eigenvalue weighted by molar-refractivity contribution is 0.154. The van der Waals surface area contributed by atoms with Crippen LogP contribution in [-0.2, 0) is 11.2 Å². The summed E-state index contributed by atoms with van der Waals surface area (Å²) in [7, 11) is 2.00. The molecule has 5 heteroatoms. The standard InChI is InChI=1S/C12H20ClN3O/c1-5-10-11(13)14-9(3)15-12(10)16(4)7-8-17-6-2/h5-8H2,1-4H3. The maximum Gasteiger partial charge on any atom is 0.138 e. The molecule has 1 aromatic heterocycles. The predicted octanol–water partition coefficient (Wildman–Crippen LogP) is 2.47. The number of aromatic nitrogens is 2. The van der Waals surface area contributed by atoms with E-state index in [1.54, 1.807) is 0 Å². The van der Waals surface area contributed by atoms with Gasteiger partial charge in [-0.15, -0.1) is 0 Å². The second-order valence-corrected chi connectivity index (χ2v) is 4.19. The number of aryl methyl sites for hydroxylation is 1. The van der Waals surface area contributed by atoms with Gasteiger partial charge in [0.05, 0.1) is 6.61 Å². The van der Waals surface area contributed by atoms with E-state index in [9.17, 15) is 0 Å². The third-order valence-electron chi connectivity index (χ3n) is 2.54. The van der Waals surface area contributed by atoms with Gasteiger partial charge >= 0.3 is 0 Å². The molecule has 1 heterocycles. The minimum atomic E-state index is 0.554. The Morgan fingerprint density at radius 2 is 2.00 bits per heavy atom. The van der Waals surface area contributed by atoms with Crippen LogP contribution in [0.3, 0.4) is 0 Å². The molecule has 0 aliphatic carbocycles. The zero-order chi connectivity index (χ0) is 12.8. The Labute approximate surface area is 108 Å². The second-order valence-electron chi connectivity index (χ2n) is 3.84. The summed E-state index contributed by atoms with van der Waals surface area (Å²) >= 11 is 6.13. The van der Waals surface area contributed by atoms with Crippen molar-refractivity contribution in [1.29, 1.82) is 0 Å². The lowest BCUT2D eigenvalue weighted by Gasteiger charge is -2.21.